The Bertz CT molecular complexity index is 1470. The molecular weight excluding hydrogens is 585 g/mol. The summed E-state index contributed by atoms with van der Waals surface area (Å²) in [5.74, 6) is -0.507. The summed E-state index contributed by atoms with van der Waals surface area (Å²) in [6.07, 6.45) is -1.61. The van der Waals surface area contributed by atoms with E-state index in [2.05, 4.69) is 15.1 Å². The Morgan fingerprint density at radius 2 is 1.95 bits per heavy atom. The zero-order valence-electron chi connectivity index (χ0n) is 25.3. The topological polar surface area (TPSA) is 111 Å². The third-order valence-corrected chi connectivity index (χ3v) is 9.21. The molecule has 1 fully saturated rings. The first-order valence-electron chi connectivity index (χ1n) is 14.3. The summed E-state index contributed by atoms with van der Waals surface area (Å²) in [4.78, 5) is 16.5. The van der Waals surface area contributed by atoms with Crippen molar-refractivity contribution in [3.05, 3.63) is 52.2 Å². The summed E-state index contributed by atoms with van der Waals surface area (Å²) in [6.45, 7) is 5.63. The fourth-order valence-electron chi connectivity index (χ4n) is 5.75. The standard InChI is InChI=1S/C29H41F3N6O4S/c1-19(2)12-27(40)33-14-21-13-20(6-7-25(21)29(30,31)32)28-24-18-37(43(5,41)42)11-9-26(24)38(34-28)17-23(39)16-36-10-8-22(15-36)35(3)4/h6-7,12-13,22-23,39H,8-11,14-18H2,1-5H3,(H,33,40). The van der Waals surface area contributed by atoms with E-state index in [0.717, 1.165) is 37.5 Å². The van der Waals surface area contributed by atoms with E-state index in [9.17, 15) is 31.5 Å². The number of nitrogens with one attached hydrogen (secondary N) is 1. The Hall–Kier alpha value is -2.78. The van der Waals surface area contributed by atoms with Crippen molar-refractivity contribution < 1.29 is 31.5 Å². The number of halogens is 3. The number of rotatable bonds is 10. The Morgan fingerprint density at radius 3 is 2.56 bits per heavy atom. The van der Waals surface area contributed by atoms with Crippen LogP contribution in [0.1, 0.15) is 42.7 Å². The number of carbonyl (C=O) groups excluding carboxylic acids is 1. The minimum Gasteiger partial charge on any atom is -0.390 e. The van der Waals surface area contributed by atoms with Gasteiger partial charge in [-0.15, -0.1) is 0 Å². The number of hydrogen-bond donors (Lipinski definition) is 2. The SMILES string of the molecule is CC(C)=CC(=O)NCc1cc(-c2nn(CC(O)CN3CCC(N(C)C)C3)c3c2CN(S(C)(=O)=O)CC3)ccc1C(F)(F)F. The summed E-state index contributed by atoms with van der Waals surface area (Å²) < 4.78 is 69.5. The molecule has 0 saturated carbocycles. The number of benzene rings is 1. The average Bonchev–Trinajstić information content (AvgIpc) is 3.50. The maximum atomic E-state index is 13.9. The number of nitrogens with zero attached hydrogens (tertiary/aromatic N) is 5. The number of aliphatic hydroxyl groups is 1. The molecule has 0 aliphatic carbocycles. The van der Waals surface area contributed by atoms with Gasteiger partial charge in [-0.3, -0.25) is 14.4 Å². The first-order valence-corrected chi connectivity index (χ1v) is 16.1. The van der Waals surface area contributed by atoms with Crippen LogP contribution in [0.3, 0.4) is 0 Å². The zero-order chi connectivity index (χ0) is 31.7. The zero-order valence-corrected chi connectivity index (χ0v) is 26.1. The molecule has 1 aromatic carbocycles. The Morgan fingerprint density at radius 1 is 1.23 bits per heavy atom. The van der Waals surface area contributed by atoms with E-state index < -0.39 is 33.8 Å². The number of β-amino-alcohol motifs (C(OH)–C–C–N with tert-alkyl or cyclic N) is 1. The van der Waals surface area contributed by atoms with Crippen LogP contribution in [0, 0.1) is 0 Å². The van der Waals surface area contributed by atoms with Crippen molar-refractivity contribution in [1.29, 1.82) is 0 Å². The van der Waals surface area contributed by atoms with Crippen LogP contribution in [0.4, 0.5) is 13.2 Å². The van der Waals surface area contributed by atoms with E-state index in [4.69, 9.17) is 5.10 Å². The van der Waals surface area contributed by atoms with E-state index >= 15 is 0 Å². The Kier molecular flexibility index (Phi) is 10.1. The third kappa shape index (κ3) is 8.24. The minimum absolute atomic E-state index is 0.0178. The predicted octanol–water partition coefficient (Wildman–Crippen LogP) is 2.47. The highest BCUT2D eigenvalue weighted by Gasteiger charge is 2.35. The van der Waals surface area contributed by atoms with Crippen LogP contribution < -0.4 is 5.32 Å². The van der Waals surface area contributed by atoms with Crippen LogP contribution in [0.25, 0.3) is 11.3 Å². The number of amides is 1. The number of allylic oxidation sites excluding steroid dienone is 1. The number of aliphatic hydroxyl groups excluding tert-OH is 1. The summed E-state index contributed by atoms with van der Waals surface area (Å²) in [5.41, 5.74) is 1.76. The largest absolute Gasteiger partial charge is 0.416 e. The molecule has 1 saturated heterocycles. The summed E-state index contributed by atoms with van der Waals surface area (Å²) in [6, 6.07) is 4.04. The number of aromatic nitrogens is 2. The summed E-state index contributed by atoms with van der Waals surface area (Å²) in [5, 5.41) is 18.3. The molecule has 2 atom stereocenters. The quantitative estimate of drug-likeness (QED) is 0.390. The maximum Gasteiger partial charge on any atom is 0.416 e. The molecule has 1 aromatic heterocycles. The number of hydrogen-bond acceptors (Lipinski definition) is 7. The van der Waals surface area contributed by atoms with Crippen LogP contribution >= 0.6 is 0 Å². The highest BCUT2D eigenvalue weighted by atomic mass is 32.2. The van der Waals surface area contributed by atoms with Crippen LogP contribution in [-0.4, -0.2) is 102 Å². The maximum absolute atomic E-state index is 13.9. The first-order chi connectivity index (χ1) is 20.0. The van der Waals surface area contributed by atoms with Gasteiger partial charge in [0.1, 0.15) is 0 Å². The smallest absolute Gasteiger partial charge is 0.390 e. The van der Waals surface area contributed by atoms with E-state index in [1.807, 2.05) is 14.1 Å². The molecule has 3 heterocycles. The lowest BCUT2D eigenvalue weighted by Gasteiger charge is -2.26. The average molecular weight is 627 g/mol. The molecule has 4 rings (SSSR count). The monoisotopic (exact) mass is 626 g/mol. The van der Waals surface area contributed by atoms with Crippen molar-refractivity contribution in [2.75, 3.05) is 46.5 Å². The molecule has 2 aliphatic heterocycles. The van der Waals surface area contributed by atoms with Crippen LogP contribution in [-0.2, 0) is 47.0 Å². The molecule has 2 N–H and O–H groups in total. The number of likely N-dealkylation sites (N-methyl/N-ethyl adjacent to an activating group) is 1. The molecule has 238 valence electrons. The van der Waals surface area contributed by atoms with Crippen LogP contribution in [0.15, 0.2) is 29.8 Å². The van der Waals surface area contributed by atoms with Crippen molar-refractivity contribution in [1.82, 2.24) is 29.2 Å². The fourth-order valence-corrected chi connectivity index (χ4v) is 6.53. The van der Waals surface area contributed by atoms with Gasteiger partial charge in [-0.05, 0) is 58.6 Å². The van der Waals surface area contributed by atoms with Crippen molar-refractivity contribution in [2.45, 2.75) is 64.6 Å². The van der Waals surface area contributed by atoms with E-state index in [0.29, 0.717) is 41.4 Å². The number of sulfonamides is 1. The lowest BCUT2D eigenvalue weighted by Crippen LogP contribution is -2.38. The minimum atomic E-state index is -4.65. The number of fused-ring (bicyclic) bond motifs is 1. The molecule has 0 radical (unpaired) electrons. The molecule has 2 unspecified atom stereocenters. The summed E-state index contributed by atoms with van der Waals surface area (Å²) in [7, 11) is 0.530. The van der Waals surface area contributed by atoms with Gasteiger partial charge in [0.05, 0.1) is 30.2 Å². The van der Waals surface area contributed by atoms with Gasteiger partial charge in [0.25, 0.3) is 0 Å². The molecule has 1 amide bonds. The molecule has 10 nitrogen and oxygen atoms in total. The van der Waals surface area contributed by atoms with E-state index in [1.54, 1.807) is 18.5 Å². The van der Waals surface area contributed by atoms with Gasteiger partial charge < -0.3 is 15.3 Å². The summed E-state index contributed by atoms with van der Waals surface area (Å²) >= 11 is 0. The van der Waals surface area contributed by atoms with Gasteiger partial charge in [0.2, 0.25) is 15.9 Å². The fraction of sp³-hybridized carbons (Fsp3) is 0.586. The molecule has 14 heteroatoms. The lowest BCUT2D eigenvalue weighted by atomic mass is 9.97. The van der Waals surface area contributed by atoms with Gasteiger partial charge in [-0.25, -0.2) is 8.42 Å². The predicted molar refractivity (Wildman–Crippen MR) is 157 cm³/mol. The van der Waals surface area contributed by atoms with Crippen molar-refractivity contribution in [3.8, 4) is 11.3 Å². The van der Waals surface area contributed by atoms with Gasteiger partial charge in [0, 0.05) is 68.1 Å². The second kappa shape index (κ2) is 13.1. The molecule has 2 aromatic rings. The number of alkyl halides is 3. The second-order valence-electron chi connectivity index (χ2n) is 11.9. The third-order valence-electron chi connectivity index (χ3n) is 7.96. The van der Waals surface area contributed by atoms with E-state index in [-0.39, 0.29) is 31.7 Å². The number of carbonyl (C=O) groups is 1. The lowest BCUT2D eigenvalue weighted by molar-refractivity contribution is -0.138. The highest BCUT2D eigenvalue weighted by molar-refractivity contribution is 7.88. The van der Waals surface area contributed by atoms with Gasteiger partial charge in [-0.1, -0.05) is 11.6 Å². The first kappa shape index (κ1) is 33.1. The molecule has 43 heavy (non-hydrogen) atoms. The Balaban J connectivity index is 1.68. The van der Waals surface area contributed by atoms with Crippen molar-refractivity contribution in [2.24, 2.45) is 0 Å². The van der Waals surface area contributed by atoms with Crippen LogP contribution in [0.5, 0.6) is 0 Å². The highest BCUT2D eigenvalue weighted by Crippen LogP contribution is 2.37. The van der Waals surface area contributed by atoms with Gasteiger partial charge >= 0.3 is 6.18 Å². The van der Waals surface area contributed by atoms with Gasteiger partial charge in [0.15, 0.2) is 0 Å². The van der Waals surface area contributed by atoms with E-state index in [1.165, 1.54) is 22.5 Å². The Labute approximate surface area is 251 Å². The normalized spacial score (nSPS) is 19.0. The van der Waals surface area contributed by atoms with Crippen molar-refractivity contribution in [3.63, 3.8) is 0 Å². The number of likely N-dealkylation sites (tertiary alicyclic amines) is 1. The molecular formula is C29H41F3N6O4S. The van der Waals surface area contributed by atoms with Crippen molar-refractivity contribution >= 4 is 15.9 Å². The van der Waals surface area contributed by atoms with Gasteiger partial charge in [-0.2, -0.15) is 22.6 Å². The second-order valence-corrected chi connectivity index (χ2v) is 13.9. The molecule has 0 bridgehead atoms. The molecule has 2 aliphatic rings. The molecule has 0 spiro atoms. The van der Waals surface area contributed by atoms with Crippen LogP contribution in [0.2, 0.25) is 0 Å².